The van der Waals surface area contributed by atoms with Crippen LogP contribution in [-0.2, 0) is 9.59 Å². The predicted molar refractivity (Wildman–Crippen MR) is 79.2 cm³/mol. The molecule has 2 rings (SSSR count). The normalized spacial score (nSPS) is 24.5. The molecule has 114 valence electrons. The molecule has 2 heterocycles. The van der Waals surface area contributed by atoms with Crippen molar-refractivity contribution >= 4 is 11.8 Å². The average molecular weight is 280 g/mol. The molecule has 1 unspecified atom stereocenters. The lowest BCUT2D eigenvalue weighted by Crippen LogP contribution is -2.42. The number of amides is 2. The van der Waals surface area contributed by atoms with Crippen LogP contribution in [0, 0.1) is 11.8 Å². The molecule has 4 heteroatoms. The molecule has 1 atom stereocenters. The van der Waals surface area contributed by atoms with Gasteiger partial charge in [0.15, 0.2) is 0 Å². The topological polar surface area (TPSA) is 40.6 Å². The van der Waals surface area contributed by atoms with Gasteiger partial charge in [-0.15, -0.1) is 0 Å². The van der Waals surface area contributed by atoms with Gasteiger partial charge in [-0.25, -0.2) is 0 Å². The van der Waals surface area contributed by atoms with E-state index < -0.39 is 0 Å². The van der Waals surface area contributed by atoms with Gasteiger partial charge in [0.2, 0.25) is 11.8 Å². The first-order valence-electron chi connectivity index (χ1n) is 8.18. The molecule has 0 radical (unpaired) electrons. The van der Waals surface area contributed by atoms with Gasteiger partial charge in [0, 0.05) is 32.6 Å². The van der Waals surface area contributed by atoms with Crippen molar-refractivity contribution in [3.63, 3.8) is 0 Å². The molecule has 2 aliphatic heterocycles. The van der Waals surface area contributed by atoms with Crippen LogP contribution < -0.4 is 0 Å². The van der Waals surface area contributed by atoms with Crippen LogP contribution in [0.3, 0.4) is 0 Å². The zero-order valence-corrected chi connectivity index (χ0v) is 12.9. The van der Waals surface area contributed by atoms with Crippen LogP contribution in [0.1, 0.15) is 52.4 Å². The van der Waals surface area contributed by atoms with Crippen molar-refractivity contribution < 1.29 is 9.59 Å². The number of likely N-dealkylation sites (tertiary alicyclic amines) is 2. The molecule has 0 aromatic rings. The van der Waals surface area contributed by atoms with E-state index in [9.17, 15) is 9.59 Å². The molecular formula is C16H28N2O2. The number of piperidine rings is 1. The molecule has 0 aromatic heterocycles. The molecule has 0 spiro atoms. The summed E-state index contributed by atoms with van der Waals surface area (Å²) in [5.74, 6) is 1.03. The lowest BCUT2D eigenvalue weighted by molar-refractivity contribution is -0.137. The molecule has 0 aromatic carbocycles. The highest BCUT2D eigenvalue weighted by Gasteiger charge is 2.36. The Balaban J connectivity index is 1.81. The maximum Gasteiger partial charge on any atom is 0.227 e. The zero-order valence-electron chi connectivity index (χ0n) is 12.9. The second-order valence-corrected chi connectivity index (χ2v) is 6.46. The quantitative estimate of drug-likeness (QED) is 0.725. The highest BCUT2D eigenvalue weighted by Crippen LogP contribution is 2.24. The molecule has 0 N–H and O–H groups in total. The highest BCUT2D eigenvalue weighted by molar-refractivity contribution is 5.89. The third kappa shape index (κ3) is 3.74. The number of nitrogens with zero attached hydrogens (tertiary/aromatic N) is 2. The Morgan fingerprint density at radius 1 is 1.25 bits per heavy atom. The van der Waals surface area contributed by atoms with E-state index in [4.69, 9.17) is 0 Å². The van der Waals surface area contributed by atoms with Crippen molar-refractivity contribution in [2.24, 2.45) is 11.8 Å². The van der Waals surface area contributed by atoms with Gasteiger partial charge in [0.05, 0.1) is 5.92 Å². The molecule has 2 saturated heterocycles. The molecule has 20 heavy (non-hydrogen) atoms. The van der Waals surface area contributed by atoms with E-state index in [1.807, 2.05) is 9.80 Å². The lowest BCUT2D eigenvalue weighted by Gasteiger charge is -2.32. The van der Waals surface area contributed by atoms with Gasteiger partial charge in [-0.3, -0.25) is 9.59 Å². The van der Waals surface area contributed by atoms with E-state index in [1.165, 1.54) is 0 Å². The van der Waals surface area contributed by atoms with Crippen LogP contribution in [0.5, 0.6) is 0 Å². The summed E-state index contributed by atoms with van der Waals surface area (Å²) in [6.45, 7) is 7.63. The standard InChI is InChI=1S/C16H28N2O2/c1-3-4-5-8-18-12-14(11-15(18)19)16(20)17-9-6-13(2)7-10-17/h13-14H,3-12H2,1-2H3. The predicted octanol–water partition coefficient (Wildman–Crippen LogP) is 2.28. The fraction of sp³-hybridized carbons (Fsp3) is 0.875. The number of rotatable bonds is 5. The van der Waals surface area contributed by atoms with E-state index >= 15 is 0 Å². The molecule has 0 bridgehead atoms. The van der Waals surface area contributed by atoms with Crippen molar-refractivity contribution in [1.82, 2.24) is 9.80 Å². The van der Waals surface area contributed by atoms with Gasteiger partial charge in [0.1, 0.15) is 0 Å². The lowest BCUT2D eigenvalue weighted by atomic mass is 9.97. The Bertz CT molecular complexity index is 348. The Morgan fingerprint density at radius 3 is 2.60 bits per heavy atom. The van der Waals surface area contributed by atoms with Gasteiger partial charge in [0.25, 0.3) is 0 Å². The van der Waals surface area contributed by atoms with Crippen molar-refractivity contribution in [3.8, 4) is 0 Å². The van der Waals surface area contributed by atoms with Crippen LogP contribution in [0.25, 0.3) is 0 Å². The number of hydrogen-bond donors (Lipinski definition) is 0. The van der Waals surface area contributed by atoms with Gasteiger partial charge in [-0.05, 0) is 25.2 Å². The van der Waals surface area contributed by atoms with Crippen LogP contribution in [0.4, 0.5) is 0 Å². The van der Waals surface area contributed by atoms with E-state index in [0.29, 0.717) is 13.0 Å². The molecule has 2 fully saturated rings. The summed E-state index contributed by atoms with van der Waals surface area (Å²) >= 11 is 0. The van der Waals surface area contributed by atoms with Gasteiger partial charge < -0.3 is 9.80 Å². The minimum absolute atomic E-state index is 0.0856. The van der Waals surface area contributed by atoms with E-state index in [-0.39, 0.29) is 17.7 Å². The average Bonchev–Trinajstić information content (AvgIpc) is 2.81. The second kappa shape index (κ2) is 7.09. The maximum absolute atomic E-state index is 12.5. The Kier molecular flexibility index (Phi) is 5.44. The van der Waals surface area contributed by atoms with Gasteiger partial charge in [-0.1, -0.05) is 26.7 Å². The number of carbonyl (C=O) groups is 2. The largest absolute Gasteiger partial charge is 0.342 e. The zero-order chi connectivity index (χ0) is 14.5. The number of carbonyl (C=O) groups excluding carboxylic acids is 2. The second-order valence-electron chi connectivity index (χ2n) is 6.46. The minimum atomic E-state index is -0.0856. The van der Waals surface area contributed by atoms with Gasteiger partial charge in [-0.2, -0.15) is 0 Å². The van der Waals surface area contributed by atoms with Gasteiger partial charge >= 0.3 is 0 Å². The minimum Gasteiger partial charge on any atom is -0.342 e. The van der Waals surface area contributed by atoms with Crippen LogP contribution in [0.2, 0.25) is 0 Å². The van der Waals surface area contributed by atoms with Crippen molar-refractivity contribution in [2.45, 2.75) is 52.4 Å². The first kappa shape index (κ1) is 15.3. The van der Waals surface area contributed by atoms with Crippen molar-refractivity contribution in [3.05, 3.63) is 0 Å². The maximum atomic E-state index is 12.5. The molecular weight excluding hydrogens is 252 g/mol. The smallest absolute Gasteiger partial charge is 0.227 e. The molecule has 2 aliphatic rings. The van der Waals surface area contributed by atoms with Crippen molar-refractivity contribution in [1.29, 1.82) is 0 Å². The van der Waals surface area contributed by atoms with Crippen LogP contribution >= 0.6 is 0 Å². The van der Waals surface area contributed by atoms with E-state index in [2.05, 4.69) is 13.8 Å². The summed E-state index contributed by atoms with van der Waals surface area (Å²) < 4.78 is 0. The summed E-state index contributed by atoms with van der Waals surface area (Å²) in [4.78, 5) is 28.3. The van der Waals surface area contributed by atoms with Crippen LogP contribution in [-0.4, -0.2) is 47.8 Å². The molecule has 2 amide bonds. The summed E-state index contributed by atoms with van der Waals surface area (Å²) in [6.07, 6.45) is 6.02. The monoisotopic (exact) mass is 280 g/mol. The highest BCUT2D eigenvalue weighted by atomic mass is 16.2. The third-order valence-corrected chi connectivity index (χ3v) is 4.69. The summed E-state index contributed by atoms with van der Waals surface area (Å²) in [5.41, 5.74) is 0. The number of unbranched alkanes of at least 4 members (excludes halogenated alkanes) is 2. The first-order chi connectivity index (χ1) is 9.61. The first-order valence-corrected chi connectivity index (χ1v) is 8.18. The van der Waals surface area contributed by atoms with Crippen LogP contribution in [0.15, 0.2) is 0 Å². The third-order valence-electron chi connectivity index (χ3n) is 4.69. The van der Waals surface area contributed by atoms with Crippen molar-refractivity contribution in [2.75, 3.05) is 26.2 Å². The molecule has 0 aliphatic carbocycles. The Hall–Kier alpha value is -1.06. The SMILES string of the molecule is CCCCCN1CC(C(=O)N2CCC(C)CC2)CC1=O. The van der Waals surface area contributed by atoms with E-state index in [0.717, 1.165) is 57.7 Å². The summed E-state index contributed by atoms with van der Waals surface area (Å²) in [5, 5.41) is 0. The molecule has 0 saturated carbocycles. The molecule has 4 nitrogen and oxygen atoms in total. The summed E-state index contributed by atoms with van der Waals surface area (Å²) in [6, 6.07) is 0. The number of hydrogen-bond acceptors (Lipinski definition) is 2. The Labute approximate surface area is 122 Å². The Morgan fingerprint density at radius 2 is 1.95 bits per heavy atom. The van der Waals surface area contributed by atoms with E-state index in [1.54, 1.807) is 0 Å². The summed E-state index contributed by atoms with van der Waals surface area (Å²) in [7, 11) is 0. The fourth-order valence-corrected chi connectivity index (χ4v) is 3.19. The fourth-order valence-electron chi connectivity index (χ4n) is 3.19.